The van der Waals surface area contributed by atoms with E-state index in [4.69, 9.17) is 11.6 Å². The minimum absolute atomic E-state index is 0.159. The number of nitrogens with zero attached hydrogens (tertiary/aromatic N) is 3. The van der Waals surface area contributed by atoms with Crippen molar-refractivity contribution < 1.29 is 4.79 Å². The predicted molar refractivity (Wildman–Crippen MR) is 82.2 cm³/mol. The average Bonchev–Trinajstić information content (AvgIpc) is 3.01. The molecule has 1 amide bonds. The van der Waals surface area contributed by atoms with Crippen LogP contribution in [0.5, 0.6) is 0 Å². The van der Waals surface area contributed by atoms with Gasteiger partial charge in [0.05, 0.1) is 6.33 Å². The average molecular weight is 304 g/mol. The van der Waals surface area contributed by atoms with Crippen molar-refractivity contribution >= 4 is 17.5 Å². The maximum atomic E-state index is 12.4. The van der Waals surface area contributed by atoms with Gasteiger partial charge in [-0.1, -0.05) is 23.7 Å². The smallest absolute Gasteiger partial charge is 0.242 e. The van der Waals surface area contributed by atoms with Crippen LogP contribution in [0, 0.1) is 0 Å². The van der Waals surface area contributed by atoms with Crippen LogP contribution in [0.15, 0.2) is 43.0 Å². The Labute approximate surface area is 129 Å². The van der Waals surface area contributed by atoms with Gasteiger partial charge in [0.15, 0.2) is 0 Å². The predicted octanol–water partition coefficient (Wildman–Crippen LogP) is 2.94. The van der Waals surface area contributed by atoms with Crippen LogP contribution in [0.25, 0.3) is 0 Å². The van der Waals surface area contributed by atoms with E-state index in [1.807, 2.05) is 27.8 Å². The Morgan fingerprint density at radius 1 is 1.33 bits per heavy atom. The third-order valence-corrected chi connectivity index (χ3v) is 4.24. The molecule has 0 bridgehead atoms. The molecule has 5 heteroatoms. The molecule has 2 aromatic rings. The van der Waals surface area contributed by atoms with Gasteiger partial charge in [-0.15, -0.1) is 0 Å². The number of carbonyl (C=O) groups excluding carboxylic acids is 1. The lowest BCUT2D eigenvalue weighted by molar-refractivity contribution is -0.133. The van der Waals surface area contributed by atoms with Gasteiger partial charge >= 0.3 is 0 Å². The standard InChI is InChI=1S/C16H18ClN3O/c17-15-5-3-13(4-6-15)14-2-1-8-20(10-14)16(21)11-19-9-7-18-12-19/h3-7,9,12,14H,1-2,8,10-11H2. The highest BCUT2D eigenvalue weighted by atomic mass is 35.5. The van der Waals surface area contributed by atoms with E-state index in [2.05, 4.69) is 17.1 Å². The zero-order valence-electron chi connectivity index (χ0n) is 11.8. The van der Waals surface area contributed by atoms with E-state index in [9.17, 15) is 4.79 Å². The highest BCUT2D eigenvalue weighted by molar-refractivity contribution is 6.30. The summed E-state index contributed by atoms with van der Waals surface area (Å²) in [5, 5.41) is 0.752. The molecule has 1 aromatic heterocycles. The summed E-state index contributed by atoms with van der Waals surface area (Å²) in [5.74, 6) is 0.564. The van der Waals surface area contributed by atoms with Crippen LogP contribution in [0.2, 0.25) is 5.02 Å². The molecule has 0 radical (unpaired) electrons. The highest BCUT2D eigenvalue weighted by Gasteiger charge is 2.24. The molecule has 1 unspecified atom stereocenters. The van der Waals surface area contributed by atoms with Gasteiger partial charge in [0, 0.05) is 36.4 Å². The van der Waals surface area contributed by atoms with Crippen LogP contribution in [-0.2, 0) is 11.3 Å². The number of aromatic nitrogens is 2. The molecule has 1 aromatic carbocycles. The second-order valence-electron chi connectivity index (χ2n) is 5.47. The van der Waals surface area contributed by atoms with Crippen LogP contribution in [0.4, 0.5) is 0 Å². The van der Waals surface area contributed by atoms with Gasteiger partial charge in [-0.05, 0) is 30.5 Å². The fourth-order valence-corrected chi connectivity index (χ4v) is 2.97. The number of hydrogen-bond donors (Lipinski definition) is 0. The summed E-state index contributed by atoms with van der Waals surface area (Å²) in [7, 11) is 0. The van der Waals surface area contributed by atoms with Crippen molar-refractivity contribution in [2.24, 2.45) is 0 Å². The lowest BCUT2D eigenvalue weighted by atomic mass is 9.90. The fourth-order valence-electron chi connectivity index (χ4n) is 2.85. The molecule has 1 aliphatic heterocycles. The third-order valence-electron chi connectivity index (χ3n) is 3.99. The number of amides is 1. The molecular formula is C16H18ClN3O. The summed E-state index contributed by atoms with van der Waals surface area (Å²) in [6.45, 7) is 2.00. The van der Waals surface area contributed by atoms with Crippen LogP contribution in [0.1, 0.15) is 24.3 Å². The van der Waals surface area contributed by atoms with Gasteiger partial charge in [-0.25, -0.2) is 4.98 Å². The number of halogens is 1. The SMILES string of the molecule is O=C(Cn1ccnc1)N1CCCC(c2ccc(Cl)cc2)C1. The first kappa shape index (κ1) is 14.1. The summed E-state index contributed by atoms with van der Waals surface area (Å²) in [4.78, 5) is 18.3. The van der Waals surface area contributed by atoms with Gasteiger partial charge in [0.2, 0.25) is 5.91 Å². The van der Waals surface area contributed by atoms with Crippen molar-refractivity contribution in [3.05, 3.63) is 53.6 Å². The number of imidazole rings is 1. The zero-order chi connectivity index (χ0) is 14.7. The minimum Gasteiger partial charge on any atom is -0.341 e. The minimum atomic E-state index is 0.159. The number of piperidine rings is 1. The molecule has 1 atom stereocenters. The van der Waals surface area contributed by atoms with E-state index in [1.54, 1.807) is 12.5 Å². The summed E-state index contributed by atoms with van der Waals surface area (Å²) in [6.07, 6.45) is 7.36. The Morgan fingerprint density at radius 3 is 2.86 bits per heavy atom. The van der Waals surface area contributed by atoms with Crippen molar-refractivity contribution in [3.63, 3.8) is 0 Å². The molecule has 2 heterocycles. The maximum absolute atomic E-state index is 12.4. The van der Waals surface area contributed by atoms with Gasteiger partial charge in [0.1, 0.15) is 6.54 Å². The number of likely N-dealkylation sites (tertiary alicyclic amines) is 1. The molecule has 4 nitrogen and oxygen atoms in total. The van der Waals surface area contributed by atoms with E-state index in [-0.39, 0.29) is 5.91 Å². The number of benzene rings is 1. The Kier molecular flexibility index (Phi) is 4.25. The van der Waals surface area contributed by atoms with Crippen LogP contribution in [0.3, 0.4) is 0 Å². The first-order valence-electron chi connectivity index (χ1n) is 7.21. The van der Waals surface area contributed by atoms with Gasteiger partial charge in [-0.3, -0.25) is 4.79 Å². The lowest BCUT2D eigenvalue weighted by Crippen LogP contribution is -2.40. The number of hydrogen-bond acceptors (Lipinski definition) is 2. The molecule has 0 aliphatic carbocycles. The van der Waals surface area contributed by atoms with Gasteiger partial charge < -0.3 is 9.47 Å². The molecule has 0 saturated carbocycles. The molecule has 110 valence electrons. The van der Waals surface area contributed by atoms with Crippen molar-refractivity contribution in [2.45, 2.75) is 25.3 Å². The van der Waals surface area contributed by atoms with Gasteiger partial charge in [0.25, 0.3) is 0 Å². The number of rotatable bonds is 3. The summed E-state index contributed by atoms with van der Waals surface area (Å²) in [6, 6.07) is 7.97. The van der Waals surface area contributed by atoms with Crippen molar-refractivity contribution in [3.8, 4) is 0 Å². The third kappa shape index (κ3) is 3.45. The van der Waals surface area contributed by atoms with Crippen molar-refractivity contribution in [1.82, 2.24) is 14.5 Å². The quantitative estimate of drug-likeness (QED) is 0.874. The van der Waals surface area contributed by atoms with Crippen molar-refractivity contribution in [1.29, 1.82) is 0 Å². The largest absolute Gasteiger partial charge is 0.341 e. The van der Waals surface area contributed by atoms with Crippen LogP contribution in [-0.4, -0.2) is 33.4 Å². The highest BCUT2D eigenvalue weighted by Crippen LogP contribution is 2.27. The van der Waals surface area contributed by atoms with E-state index < -0.39 is 0 Å². The maximum Gasteiger partial charge on any atom is 0.242 e. The number of carbonyl (C=O) groups is 1. The molecular weight excluding hydrogens is 286 g/mol. The van der Waals surface area contributed by atoms with Gasteiger partial charge in [-0.2, -0.15) is 0 Å². The molecule has 1 saturated heterocycles. The Balaban J connectivity index is 1.65. The van der Waals surface area contributed by atoms with E-state index in [0.29, 0.717) is 12.5 Å². The zero-order valence-corrected chi connectivity index (χ0v) is 12.5. The molecule has 21 heavy (non-hydrogen) atoms. The first-order valence-corrected chi connectivity index (χ1v) is 7.59. The van der Waals surface area contributed by atoms with Crippen molar-refractivity contribution in [2.75, 3.05) is 13.1 Å². The molecule has 3 rings (SSSR count). The Hall–Kier alpha value is -1.81. The summed E-state index contributed by atoms with van der Waals surface area (Å²) < 4.78 is 1.81. The van der Waals surface area contributed by atoms with E-state index in [1.165, 1.54) is 5.56 Å². The normalized spacial score (nSPS) is 18.7. The second-order valence-corrected chi connectivity index (χ2v) is 5.90. The summed E-state index contributed by atoms with van der Waals surface area (Å²) >= 11 is 5.94. The molecule has 1 fully saturated rings. The second kappa shape index (κ2) is 6.31. The Morgan fingerprint density at radius 2 is 2.14 bits per heavy atom. The molecule has 1 aliphatic rings. The summed E-state index contributed by atoms with van der Waals surface area (Å²) in [5.41, 5.74) is 1.26. The Bertz CT molecular complexity index is 594. The van der Waals surface area contributed by atoms with Crippen LogP contribution < -0.4 is 0 Å². The van der Waals surface area contributed by atoms with Crippen LogP contribution >= 0.6 is 11.6 Å². The lowest BCUT2D eigenvalue weighted by Gasteiger charge is -2.33. The first-order chi connectivity index (χ1) is 10.2. The fraction of sp³-hybridized carbons (Fsp3) is 0.375. The topological polar surface area (TPSA) is 38.1 Å². The van der Waals surface area contributed by atoms with E-state index >= 15 is 0 Å². The monoisotopic (exact) mass is 303 g/mol. The van der Waals surface area contributed by atoms with E-state index in [0.717, 1.165) is 31.0 Å². The molecule has 0 spiro atoms. The molecule has 0 N–H and O–H groups in total.